The number of aromatic amines is 1. The second-order valence-electron chi connectivity index (χ2n) is 4.81. The zero-order chi connectivity index (χ0) is 16.9. The summed E-state index contributed by atoms with van der Waals surface area (Å²) in [6.07, 6.45) is 1.56. The van der Waals surface area contributed by atoms with Crippen molar-refractivity contribution in [3.8, 4) is 5.69 Å². The number of aromatic nitrogens is 3. The Hall–Kier alpha value is -2.38. The number of carbonyl (C=O) groups excluding carboxylic acids is 1. The third kappa shape index (κ3) is 3.93. The molecular weight excluding hydrogens is 351 g/mol. The van der Waals surface area contributed by atoms with Gasteiger partial charge in [0.15, 0.2) is 5.69 Å². The summed E-state index contributed by atoms with van der Waals surface area (Å²) >= 11 is 6.98. The van der Waals surface area contributed by atoms with Gasteiger partial charge < -0.3 is 5.32 Å². The highest BCUT2D eigenvalue weighted by molar-refractivity contribution is 7.99. The Morgan fingerprint density at radius 3 is 2.83 bits per heavy atom. The number of nitrogens with one attached hydrogen (secondary N) is 2. The summed E-state index contributed by atoms with van der Waals surface area (Å²) < 4.78 is 14.9. The van der Waals surface area contributed by atoms with E-state index in [-0.39, 0.29) is 16.7 Å². The molecule has 24 heavy (non-hydrogen) atoms. The van der Waals surface area contributed by atoms with Crippen molar-refractivity contribution in [1.29, 1.82) is 0 Å². The molecule has 1 aromatic heterocycles. The van der Waals surface area contributed by atoms with Gasteiger partial charge in [-0.1, -0.05) is 29.8 Å². The molecule has 0 aliphatic carbocycles. The fourth-order valence-corrected chi connectivity index (χ4v) is 2.95. The highest BCUT2D eigenvalue weighted by Gasteiger charge is 2.18. The number of para-hydroxylation sites is 1. The van der Waals surface area contributed by atoms with E-state index in [4.69, 9.17) is 11.6 Å². The van der Waals surface area contributed by atoms with Crippen molar-refractivity contribution in [2.75, 3.05) is 11.1 Å². The van der Waals surface area contributed by atoms with E-state index in [1.165, 1.54) is 30.0 Å². The lowest BCUT2D eigenvalue weighted by Gasteiger charge is -2.04. The molecular formula is C16H13ClFN4OS+. The summed E-state index contributed by atoms with van der Waals surface area (Å²) in [6, 6.07) is 13.7. The van der Waals surface area contributed by atoms with Crippen LogP contribution in [0.25, 0.3) is 5.69 Å². The van der Waals surface area contributed by atoms with Crippen molar-refractivity contribution < 1.29 is 13.9 Å². The van der Waals surface area contributed by atoms with Crippen LogP contribution in [-0.4, -0.2) is 21.7 Å². The molecule has 2 aromatic carbocycles. The number of nitrogens with zero attached hydrogens (tertiary/aromatic N) is 2. The van der Waals surface area contributed by atoms with Gasteiger partial charge in [-0.15, -0.1) is 4.68 Å². The lowest BCUT2D eigenvalue weighted by Crippen LogP contribution is -2.35. The molecule has 0 aliphatic rings. The average Bonchev–Trinajstić information content (AvgIpc) is 3.06. The second kappa shape index (κ2) is 7.46. The molecule has 0 atom stereocenters. The van der Waals surface area contributed by atoms with Crippen LogP contribution in [0.2, 0.25) is 5.02 Å². The Balaban J connectivity index is 1.63. The fraction of sp³-hybridized carbons (Fsp3) is 0.0625. The van der Waals surface area contributed by atoms with Crippen molar-refractivity contribution >= 4 is 35.0 Å². The number of rotatable bonds is 5. The van der Waals surface area contributed by atoms with Crippen molar-refractivity contribution in [2.24, 2.45) is 0 Å². The van der Waals surface area contributed by atoms with E-state index >= 15 is 0 Å². The second-order valence-corrected chi connectivity index (χ2v) is 6.16. The smallest absolute Gasteiger partial charge is 0.325 e. The van der Waals surface area contributed by atoms with Crippen LogP contribution < -0.4 is 10.00 Å². The van der Waals surface area contributed by atoms with E-state index in [2.05, 4.69) is 15.4 Å². The van der Waals surface area contributed by atoms with Crippen LogP contribution in [0.3, 0.4) is 0 Å². The van der Waals surface area contributed by atoms with E-state index < -0.39 is 5.82 Å². The van der Waals surface area contributed by atoms with Gasteiger partial charge in [0.25, 0.3) is 0 Å². The lowest BCUT2D eigenvalue weighted by atomic mass is 10.3. The predicted octanol–water partition coefficient (Wildman–Crippen LogP) is 3.21. The standard InChI is InChI=1S/C16H12ClFN4OS/c17-13-8-11(6-7-14(13)18)21-15(23)9-24-16-19-10-20-22(16)12-4-2-1-3-5-12/h1-8,10H,9H2,(H,21,23)/p+1. The zero-order valence-corrected chi connectivity index (χ0v) is 13.9. The summed E-state index contributed by atoms with van der Waals surface area (Å²) in [5.41, 5.74) is 1.37. The number of thioether (sulfide) groups is 1. The molecule has 2 N–H and O–H groups in total. The molecule has 0 spiro atoms. The molecule has 8 heteroatoms. The number of H-pyrrole nitrogens is 1. The molecule has 1 amide bonds. The van der Waals surface area contributed by atoms with E-state index in [9.17, 15) is 9.18 Å². The van der Waals surface area contributed by atoms with E-state index in [0.717, 1.165) is 5.69 Å². The van der Waals surface area contributed by atoms with Crippen LogP contribution in [0, 0.1) is 5.82 Å². The number of halogens is 2. The van der Waals surface area contributed by atoms with Crippen LogP contribution >= 0.6 is 23.4 Å². The highest BCUT2D eigenvalue weighted by atomic mass is 35.5. The Kier molecular flexibility index (Phi) is 5.12. The minimum Gasteiger partial charge on any atom is -0.325 e. The van der Waals surface area contributed by atoms with Crippen LogP contribution in [0.1, 0.15) is 0 Å². The first-order chi connectivity index (χ1) is 11.6. The van der Waals surface area contributed by atoms with E-state index in [0.29, 0.717) is 10.8 Å². The number of amides is 1. The molecule has 0 fully saturated rings. The molecule has 0 bridgehead atoms. The monoisotopic (exact) mass is 363 g/mol. The first-order valence-electron chi connectivity index (χ1n) is 7.02. The van der Waals surface area contributed by atoms with Crippen LogP contribution in [0.4, 0.5) is 10.1 Å². The normalized spacial score (nSPS) is 10.6. The minimum atomic E-state index is -0.524. The zero-order valence-electron chi connectivity index (χ0n) is 12.4. The molecule has 0 saturated carbocycles. The molecule has 3 aromatic rings. The Morgan fingerprint density at radius 1 is 1.29 bits per heavy atom. The van der Waals surface area contributed by atoms with Crippen molar-refractivity contribution in [1.82, 2.24) is 10.1 Å². The van der Waals surface area contributed by atoms with Crippen LogP contribution in [0.15, 0.2) is 60.0 Å². The number of carbonyl (C=O) groups is 1. The van der Waals surface area contributed by atoms with Crippen LogP contribution in [-0.2, 0) is 4.79 Å². The maximum Gasteiger partial charge on any atom is 0.385 e. The minimum absolute atomic E-state index is 0.0327. The number of benzene rings is 2. The summed E-state index contributed by atoms with van der Waals surface area (Å²) in [4.78, 5) is 16.3. The molecule has 5 nitrogen and oxygen atoms in total. The van der Waals surface area contributed by atoms with Gasteiger partial charge in [-0.05, 0) is 47.1 Å². The van der Waals surface area contributed by atoms with Gasteiger partial charge in [0.05, 0.1) is 10.8 Å². The van der Waals surface area contributed by atoms with Crippen molar-refractivity contribution in [3.63, 3.8) is 0 Å². The highest BCUT2D eigenvalue weighted by Crippen LogP contribution is 2.20. The molecule has 1 heterocycles. The fourth-order valence-electron chi connectivity index (χ4n) is 2.02. The summed E-state index contributed by atoms with van der Waals surface area (Å²) in [6.45, 7) is 0. The third-order valence-electron chi connectivity index (χ3n) is 3.10. The van der Waals surface area contributed by atoms with Crippen molar-refractivity contribution in [3.05, 3.63) is 65.7 Å². The Labute approximate surface area is 146 Å². The predicted molar refractivity (Wildman–Crippen MR) is 90.9 cm³/mol. The average molecular weight is 364 g/mol. The van der Waals surface area contributed by atoms with Gasteiger partial charge in [0, 0.05) is 5.69 Å². The van der Waals surface area contributed by atoms with Gasteiger partial charge >= 0.3 is 5.16 Å². The van der Waals surface area contributed by atoms with E-state index in [1.807, 2.05) is 30.3 Å². The Morgan fingerprint density at radius 2 is 2.08 bits per heavy atom. The van der Waals surface area contributed by atoms with Gasteiger partial charge in [-0.25, -0.2) is 4.39 Å². The van der Waals surface area contributed by atoms with E-state index in [1.54, 1.807) is 11.0 Å². The molecule has 122 valence electrons. The van der Waals surface area contributed by atoms with Gasteiger partial charge in [0.2, 0.25) is 12.2 Å². The molecule has 0 unspecified atom stereocenters. The van der Waals surface area contributed by atoms with Gasteiger partial charge in [0.1, 0.15) is 5.82 Å². The van der Waals surface area contributed by atoms with Crippen LogP contribution in [0.5, 0.6) is 0 Å². The topological polar surface area (TPSA) is 61.7 Å². The maximum absolute atomic E-state index is 13.1. The maximum atomic E-state index is 13.1. The largest absolute Gasteiger partial charge is 0.385 e. The number of hydrogen-bond acceptors (Lipinski definition) is 3. The Bertz CT molecular complexity index is 856. The summed E-state index contributed by atoms with van der Waals surface area (Å²) in [5.74, 6) is -0.595. The first kappa shape index (κ1) is 16.5. The number of anilines is 1. The quantitative estimate of drug-likeness (QED) is 0.540. The van der Waals surface area contributed by atoms with Gasteiger partial charge in [-0.3, -0.25) is 4.79 Å². The molecule has 0 saturated heterocycles. The van der Waals surface area contributed by atoms with Crippen molar-refractivity contribution in [2.45, 2.75) is 5.16 Å². The molecule has 0 radical (unpaired) electrons. The molecule has 3 rings (SSSR count). The first-order valence-corrected chi connectivity index (χ1v) is 8.38. The summed E-state index contributed by atoms with van der Waals surface area (Å²) in [7, 11) is 0. The molecule has 0 aliphatic heterocycles. The number of hydrogen-bond donors (Lipinski definition) is 2. The third-order valence-corrected chi connectivity index (χ3v) is 4.35. The van der Waals surface area contributed by atoms with Gasteiger partial charge in [-0.2, -0.15) is 5.10 Å². The SMILES string of the molecule is O=C(CSc1nc[nH][n+]1-c1ccccc1)Nc1ccc(F)c(Cl)c1. The summed E-state index contributed by atoms with van der Waals surface area (Å²) in [5, 5.41) is 6.30. The lowest BCUT2D eigenvalue weighted by molar-refractivity contribution is -0.694.